The summed E-state index contributed by atoms with van der Waals surface area (Å²) in [6.07, 6.45) is 1.54. The van der Waals surface area contributed by atoms with Gasteiger partial charge in [-0.1, -0.05) is 19.1 Å². The second kappa shape index (κ2) is 9.14. The molecule has 1 aromatic carbocycles. The third kappa shape index (κ3) is 5.41. The molecule has 1 aliphatic carbocycles. The molecule has 142 valence electrons. The number of carboxylic acids is 1. The number of hydrogen-bond acceptors (Lipinski definition) is 6. The first-order valence-corrected chi connectivity index (χ1v) is 8.52. The number of nitrogens with one attached hydrogen (secondary N) is 1. The van der Waals surface area contributed by atoms with Gasteiger partial charge in [-0.2, -0.15) is 0 Å². The fourth-order valence-corrected chi connectivity index (χ4v) is 2.96. The van der Waals surface area contributed by atoms with Crippen LogP contribution in [-0.4, -0.2) is 58.6 Å². The van der Waals surface area contributed by atoms with E-state index in [1.807, 2.05) is 11.8 Å². The summed E-state index contributed by atoms with van der Waals surface area (Å²) in [5.41, 5.74) is -0.132. The van der Waals surface area contributed by atoms with Crippen LogP contribution in [0.15, 0.2) is 24.3 Å². The van der Waals surface area contributed by atoms with Crippen molar-refractivity contribution in [1.82, 2.24) is 10.2 Å². The lowest BCUT2D eigenvalue weighted by Gasteiger charge is -2.42. The molecule has 0 radical (unpaired) electrons. The molecule has 0 spiro atoms. The Morgan fingerprint density at radius 3 is 2.69 bits per heavy atom. The van der Waals surface area contributed by atoms with Gasteiger partial charge in [0.15, 0.2) is 5.75 Å². The van der Waals surface area contributed by atoms with E-state index in [0.717, 1.165) is 12.8 Å². The van der Waals surface area contributed by atoms with Crippen LogP contribution in [0, 0.1) is 10.1 Å². The molecule has 1 fully saturated rings. The Morgan fingerprint density at radius 1 is 1.38 bits per heavy atom. The first-order valence-electron chi connectivity index (χ1n) is 8.52. The van der Waals surface area contributed by atoms with Gasteiger partial charge in [-0.15, -0.1) is 0 Å². The van der Waals surface area contributed by atoms with Gasteiger partial charge in [0.2, 0.25) is 5.91 Å². The fraction of sp³-hybridized carbons (Fsp3) is 0.529. The Hall–Kier alpha value is -2.68. The number of amides is 1. The molecule has 0 unspecified atom stereocenters. The Kier molecular flexibility index (Phi) is 6.90. The Morgan fingerprint density at radius 2 is 2.08 bits per heavy atom. The Labute approximate surface area is 151 Å². The SMILES string of the molecule is CCN(CC(=O)O)C1CC(NC(=O)CCOc2ccccc2[N+](=O)[O-])C1. The summed E-state index contributed by atoms with van der Waals surface area (Å²) < 4.78 is 5.35. The average molecular weight is 365 g/mol. The van der Waals surface area contributed by atoms with Crippen molar-refractivity contribution in [2.75, 3.05) is 19.7 Å². The molecule has 0 aliphatic heterocycles. The molecule has 0 atom stereocenters. The maximum Gasteiger partial charge on any atom is 0.317 e. The zero-order chi connectivity index (χ0) is 19.1. The minimum Gasteiger partial charge on any atom is -0.486 e. The van der Waals surface area contributed by atoms with Gasteiger partial charge in [0.05, 0.1) is 24.5 Å². The van der Waals surface area contributed by atoms with Crippen LogP contribution in [0.25, 0.3) is 0 Å². The van der Waals surface area contributed by atoms with Crippen LogP contribution in [0.2, 0.25) is 0 Å². The largest absolute Gasteiger partial charge is 0.486 e. The lowest BCUT2D eigenvalue weighted by molar-refractivity contribution is -0.385. The molecule has 9 nitrogen and oxygen atoms in total. The maximum atomic E-state index is 11.9. The number of ether oxygens (including phenoxy) is 1. The number of aliphatic carboxylic acids is 1. The number of nitro benzene ring substituents is 1. The molecular weight excluding hydrogens is 342 g/mol. The third-order valence-electron chi connectivity index (χ3n) is 4.39. The summed E-state index contributed by atoms with van der Waals surface area (Å²) in [6.45, 7) is 2.62. The van der Waals surface area contributed by atoms with E-state index < -0.39 is 10.9 Å². The van der Waals surface area contributed by atoms with Gasteiger partial charge in [0.1, 0.15) is 0 Å². The summed E-state index contributed by atoms with van der Waals surface area (Å²) in [5, 5.41) is 22.6. The number of nitrogens with zero attached hydrogens (tertiary/aromatic N) is 2. The number of carbonyl (C=O) groups excluding carboxylic acids is 1. The normalized spacial score (nSPS) is 18.8. The van der Waals surface area contributed by atoms with Crippen molar-refractivity contribution in [2.24, 2.45) is 0 Å². The second-order valence-corrected chi connectivity index (χ2v) is 6.17. The minimum absolute atomic E-state index is 0.00548. The van der Waals surface area contributed by atoms with Crippen molar-refractivity contribution in [2.45, 2.75) is 38.3 Å². The lowest BCUT2D eigenvalue weighted by atomic mass is 9.85. The van der Waals surface area contributed by atoms with E-state index in [1.165, 1.54) is 12.1 Å². The van der Waals surface area contributed by atoms with Crippen molar-refractivity contribution in [3.05, 3.63) is 34.4 Å². The standard InChI is InChI=1S/C17H23N3O6/c1-2-19(11-17(22)23)13-9-12(10-13)18-16(21)7-8-26-15-6-4-3-5-14(15)20(24)25/h3-6,12-13H,2,7-11H2,1H3,(H,18,21)(H,22,23). The van der Waals surface area contributed by atoms with Crippen molar-refractivity contribution in [3.63, 3.8) is 0 Å². The molecule has 2 rings (SSSR count). The molecule has 26 heavy (non-hydrogen) atoms. The first kappa shape index (κ1) is 19.6. The van der Waals surface area contributed by atoms with E-state index in [2.05, 4.69) is 5.32 Å². The van der Waals surface area contributed by atoms with Crippen molar-refractivity contribution >= 4 is 17.6 Å². The highest BCUT2D eigenvalue weighted by Gasteiger charge is 2.34. The quantitative estimate of drug-likeness (QED) is 0.475. The molecule has 1 saturated carbocycles. The van der Waals surface area contributed by atoms with Gasteiger partial charge in [-0.25, -0.2) is 0 Å². The summed E-state index contributed by atoms with van der Waals surface area (Å²) >= 11 is 0. The molecule has 1 aliphatic rings. The van der Waals surface area contributed by atoms with E-state index in [0.29, 0.717) is 6.54 Å². The van der Waals surface area contributed by atoms with Gasteiger partial charge < -0.3 is 15.2 Å². The highest BCUT2D eigenvalue weighted by atomic mass is 16.6. The Balaban J connectivity index is 1.69. The highest BCUT2D eigenvalue weighted by Crippen LogP contribution is 2.27. The summed E-state index contributed by atoms with van der Waals surface area (Å²) in [5.74, 6) is -0.902. The zero-order valence-electron chi connectivity index (χ0n) is 14.6. The third-order valence-corrected chi connectivity index (χ3v) is 4.39. The topological polar surface area (TPSA) is 122 Å². The summed E-state index contributed by atoms with van der Waals surface area (Å²) in [7, 11) is 0. The monoisotopic (exact) mass is 365 g/mol. The van der Waals surface area contributed by atoms with Crippen LogP contribution in [-0.2, 0) is 9.59 Å². The Bertz CT molecular complexity index is 660. The molecule has 2 N–H and O–H groups in total. The molecule has 9 heteroatoms. The molecule has 1 amide bonds. The number of hydrogen-bond donors (Lipinski definition) is 2. The second-order valence-electron chi connectivity index (χ2n) is 6.17. The number of rotatable bonds is 10. The van der Waals surface area contributed by atoms with Gasteiger partial charge in [0, 0.05) is 18.2 Å². The predicted molar refractivity (Wildman–Crippen MR) is 93.0 cm³/mol. The summed E-state index contributed by atoms with van der Waals surface area (Å²) in [4.78, 5) is 35.0. The number of carbonyl (C=O) groups is 2. The van der Waals surface area contributed by atoms with Crippen molar-refractivity contribution in [1.29, 1.82) is 0 Å². The number of nitro groups is 1. The van der Waals surface area contributed by atoms with Crippen LogP contribution in [0.3, 0.4) is 0 Å². The lowest BCUT2D eigenvalue weighted by Crippen LogP contribution is -2.54. The van der Waals surface area contributed by atoms with E-state index in [4.69, 9.17) is 9.84 Å². The average Bonchev–Trinajstić information content (AvgIpc) is 2.56. The maximum absolute atomic E-state index is 11.9. The van der Waals surface area contributed by atoms with Crippen LogP contribution in [0.1, 0.15) is 26.2 Å². The van der Waals surface area contributed by atoms with Gasteiger partial charge in [-0.3, -0.25) is 24.6 Å². The van der Waals surface area contributed by atoms with E-state index in [-0.39, 0.29) is 49.0 Å². The van der Waals surface area contributed by atoms with Crippen LogP contribution < -0.4 is 10.1 Å². The molecule has 0 aromatic heterocycles. The minimum atomic E-state index is -0.855. The zero-order valence-corrected chi connectivity index (χ0v) is 14.6. The highest BCUT2D eigenvalue weighted by molar-refractivity contribution is 5.76. The van der Waals surface area contributed by atoms with E-state index >= 15 is 0 Å². The van der Waals surface area contributed by atoms with Crippen LogP contribution in [0.5, 0.6) is 5.75 Å². The molecular formula is C17H23N3O6. The number of para-hydroxylation sites is 2. The molecule has 1 aromatic rings. The molecule has 0 heterocycles. The number of carboxylic acid groups (broad SMARTS) is 1. The van der Waals surface area contributed by atoms with Gasteiger partial charge in [-0.05, 0) is 25.5 Å². The summed E-state index contributed by atoms with van der Waals surface area (Å²) in [6, 6.07) is 6.22. The van der Waals surface area contributed by atoms with E-state index in [1.54, 1.807) is 12.1 Å². The van der Waals surface area contributed by atoms with E-state index in [9.17, 15) is 19.7 Å². The molecule has 0 saturated heterocycles. The van der Waals surface area contributed by atoms with Gasteiger partial charge in [0.25, 0.3) is 0 Å². The number of likely N-dealkylation sites (N-methyl/N-ethyl adjacent to an activating group) is 1. The van der Waals surface area contributed by atoms with Crippen LogP contribution in [0.4, 0.5) is 5.69 Å². The van der Waals surface area contributed by atoms with Crippen LogP contribution >= 0.6 is 0 Å². The molecule has 0 bridgehead atoms. The predicted octanol–water partition coefficient (Wildman–Crippen LogP) is 1.42. The van der Waals surface area contributed by atoms with Crippen molar-refractivity contribution in [3.8, 4) is 5.75 Å². The van der Waals surface area contributed by atoms with Gasteiger partial charge >= 0.3 is 11.7 Å². The first-order chi connectivity index (χ1) is 12.4. The fourth-order valence-electron chi connectivity index (χ4n) is 2.96. The van der Waals surface area contributed by atoms with Crippen molar-refractivity contribution < 1.29 is 24.4 Å². The smallest absolute Gasteiger partial charge is 0.317 e. The number of benzene rings is 1.